The number of nitrogens with zero attached hydrogens (tertiary/aromatic N) is 1. The Bertz CT molecular complexity index is 227. The van der Waals surface area contributed by atoms with Crippen molar-refractivity contribution in [2.75, 3.05) is 13.6 Å². The van der Waals surface area contributed by atoms with E-state index in [1.807, 2.05) is 7.05 Å². The van der Waals surface area contributed by atoms with Gasteiger partial charge in [-0.2, -0.15) is 0 Å². The Morgan fingerprint density at radius 2 is 2.07 bits per heavy atom. The number of rotatable bonds is 5. The molecule has 0 amide bonds. The van der Waals surface area contributed by atoms with Gasteiger partial charge in [-0.15, -0.1) is 0 Å². The molecule has 0 bridgehead atoms. The van der Waals surface area contributed by atoms with Crippen molar-refractivity contribution < 1.29 is 5.11 Å². The number of hydrogen-bond acceptors (Lipinski definition) is 3. The summed E-state index contributed by atoms with van der Waals surface area (Å²) < 4.78 is 0. The molecular formula is C11H22N2OS. The minimum Gasteiger partial charge on any atom is -0.393 e. The van der Waals surface area contributed by atoms with Gasteiger partial charge in [0.2, 0.25) is 0 Å². The number of hydrogen-bond donors (Lipinski definition) is 2. The molecule has 0 aromatic heterocycles. The second-order valence-corrected chi connectivity index (χ2v) is 5.39. The van der Waals surface area contributed by atoms with E-state index in [1.54, 1.807) is 0 Å². The van der Waals surface area contributed by atoms with Crippen molar-refractivity contribution in [3.05, 3.63) is 0 Å². The van der Waals surface area contributed by atoms with Gasteiger partial charge >= 0.3 is 0 Å². The minimum absolute atomic E-state index is 0.312. The predicted octanol–water partition coefficient (Wildman–Crippen LogP) is 1.29. The van der Waals surface area contributed by atoms with E-state index in [1.165, 1.54) is 0 Å². The molecule has 0 aromatic rings. The predicted molar refractivity (Wildman–Crippen MR) is 66.9 cm³/mol. The van der Waals surface area contributed by atoms with Crippen LogP contribution in [0.15, 0.2) is 0 Å². The molecule has 88 valence electrons. The highest BCUT2D eigenvalue weighted by Crippen LogP contribution is 2.30. The third-order valence-corrected chi connectivity index (χ3v) is 3.49. The summed E-state index contributed by atoms with van der Waals surface area (Å²) in [4.78, 5) is 2.71. The summed E-state index contributed by atoms with van der Waals surface area (Å²) in [7, 11) is 2.03. The van der Waals surface area contributed by atoms with E-state index in [-0.39, 0.29) is 0 Å². The molecule has 1 saturated carbocycles. The van der Waals surface area contributed by atoms with Crippen molar-refractivity contribution in [2.45, 2.75) is 50.7 Å². The molecule has 4 heteroatoms. The van der Waals surface area contributed by atoms with Gasteiger partial charge in [-0.1, -0.05) is 25.1 Å². The summed E-state index contributed by atoms with van der Waals surface area (Å²) in [6.45, 7) is 2.83. The maximum Gasteiger partial charge on any atom is 0.0774 e. The summed E-state index contributed by atoms with van der Waals surface area (Å²) in [5.41, 5.74) is 5.04. The Morgan fingerprint density at radius 1 is 1.53 bits per heavy atom. The van der Waals surface area contributed by atoms with Crippen LogP contribution in [-0.2, 0) is 0 Å². The fourth-order valence-electron chi connectivity index (χ4n) is 2.26. The summed E-state index contributed by atoms with van der Waals surface area (Å²) in [6, 6.07) is 0.312. The van der Waals surface area contributed by atoms with Gasteiger partial charge < -0.3 is 15.7 Å². The molecule has 3 nitrogen and oxygen atoms in total. The van der Waals surface area contributed by atoms with E-state index < -0.39 is 5.60 Å². The van der Waals surface area contributed by atoms with Crippen LogP contribution in [-0.4, -0.2) is 40.2 Å². The Labute approximate surface area is 97.6 Å². The molecule has 1 aliphatic rings. The third-order valence-electron chi connectivity index (χ3n) is 3.33. The van der Waals surface area contributed by atoms with Crippen LogP contribution in [0.3, 0.4) is 0 Å². The van der Waals surface area contributed by atoms with Crippen LogP contribution in [0.25, 0.3) is 0 Å². The zero-order valence-corrected chi connectivity index (χ0v) is 10.5. The Morgan fingerprint density at radius 3 is 2.53 bits per heavy atom. The largest absolute Gasteiger partial charge is 0.393 e. The molecule has 0 heterocycles. The van der Waals surface area contributed by atoms with Crippen molar-refractivity contribution in [3.8, 4) is 0 Å². The average Bonchev–Trinajstić information content (AvgIpc) is 2.50. The van der Waals surface area contributed by atoms with Crippen LogP contribution in [0.2, 0.25) is 0 Å². The molecule has 1 fully saturated rings. The van der Waals surface area contributed by atoms with E-state index in [9.17, 15) is 5.11 Å². The van der Waals surface area contributed by atoms with Gasteiger partial charge in [0.1, 0.15) is 0 Å². The Balaban J connectivity index is 2.39. The molecule has 3 N–H and O–H groups in total. The summed E-state index contributed by atoms with van der Waals surface area (Å²) in [5.74, 6) is 0. The van der Waals surface area contributed by atoms with Gasteiger partial charge in [-0.05, 0) is 26.8 Å². The highest BCUT2D eigenvalue weighted by molar-refractivity contribution is 7.80. The van der Waals surface area contributed by atoms with Crippen LogP contribution in [0, 0.1) is 0 Å². The zero-order chi connectivity index (χ0) is 11.5. The molecular weight excluding hydrogens is 208 g/mol. The lowest BCUT2D eigenvalue weighted by Crippen LogP contribution is -2.44. The summed E-state index contributed by atoms with van der Waals surface area (Å²) in [5, 5.41) is 10.2. The first kappa shape index (κ1) is 12.9. The SMILES string of the molecule is CC(CC(N)=S)N(C)CC1(O)CCCC1. The van der Waals surface area contributed by atoms with Crippen molar-refractivity contribution in [3.63, 3.8) is 0 Å². The first-order valence-corrected chi connectivity index (χ1v) is 6.05. The maximum absolute atomic E-state index is 10.2. The number of aliphatic hydroxyl groups is 1. The highest BCUT2D eigenvalue weighted by Gasteiger charge is 2.33. The molecule has 1 rings (SSSR count). The van der Waals surface area contributed by atoms with Crippen molar-refractivity contribution in [2.24, 2.45) is 5.73 Å². The van der Waals surface area contributed by atoms with E-state index >= 15 is 0 Å². The van der Waals surface area contributed by atoms with Gasteiger partial charge in [-0.25, -0.2) is 0 Å². The second-order valence-electron chi connectivity index (χ2n) is 4.87. The van der Waals surface area contributed by atoms with Crippen molar-refractivity contribution >= 4 is 17.2 Å². The molecule has 15 heavy (non-hydrogen) atoms. The van der Waals surface area contributed by atoms with E-state index in [4.69, 9.17) is 18.0 Å². The monoisotopic (exact) mass is 230 g/mol. The molecule has 0 radical (unpaired) electrons. The van der Waals surface area contributed by atoms with Crippen LogP contribution in [0.4, 0.5) is 0 Å². The zero-order valence-electron chi connectivity index (χ0n) is 9.70. The molecule has 1 unspecified atom stereocenters. The van der Waals surface area contributed by atoms with Gasteiger partial charge in [0.05, 0.1) is 10.6 Å². The smallest absolute Gasteiger partial charge is 0.0774 e. The number of likely N-dealkylation sites (N-methyl/N-ethyl adjacent to an activating group) is 1. The van der Waals surface area contributed by atoms with Gasteiger partial charge in [0.25, 0.3) is 0 Å². The first-order chi connectivity index (χ1) is 6.93. The van der Waals surface area contributed by atoms with Gasteiger partial charge in [-0.3, -0.25) is 0 Å². The number of thiocarbonyl (C=S) groups is 1. The number of nitrogens with two attached hydrogens (primary N) is 1. The summed E-state index contributed by atoms with van der Waals surface area (Å²) in [6.07, 6.45) is 4.87. The Hall–Kier alpha value is -0.190. The fourth-order valence-corrected chi connectivity index (χ4v) is 2.50. The van der Waals surface area contributed by atoms with Crippen LogP contribution >= 0.6 is 12.2 Å². The van der Waals surface area contributed by atoms with Gasteiger partial charge in [0, 0.05) is 19.0 Å². The summed E-state index contributed by atoms with van der Waals surface area (Å²) >= 11 is 4.89. The van der Waals surface area contributed by atoms with E-state index in [2.05, 4.69) is 11.8 Å². The van der Waals surface area contributed by atoms with Crippen molar-refractivity contribution in [1.29, 1.82) is 0 Å². The molecule has 0 aliphatic heterocycles. The van der Waals surface area contributed by atoms with Crippen LogP contribution in [0.1, 0.15) is 39.0 Å². The van der Waals surface area contributed by atoms with E-state index in [0.717, 1.165) is 38.6 Å². The Kier molecular flexibility index (Phi) is 4.49. The van der Waals surface area contributed by atoms with E-state index in [0.29, 0.717) is 11.0 Å². The highest BCUT2D eigenvalue weighted by atomic mass is 32.1. The first-order valence-electron chi connectivity index (χ1n) is 5.64. The quantitative estimate of drug-likeness (QED) is 0.699. The molecule has 0 spiro atoms. The van der Waals surface area contributed by atoms with Crippen LogP contribution < -0.4 is 5.73 Å². The minimum atomic E-state index is -0.473. The third kappa shape index (κ3) is 4.05. The standard InChI is InChI=1S/C11H22N2OS/c1-9(7-10(12)15)13(2)8-11(14)5-3-4-6-11/h9,14H,3-8H2,1-2H3,(H2,12,15). The van der Waals surface area contributed by atoms with Crippen LogP contribution in [0.5, 0.6) is 0 Å². The molecule has 0 aromatic carbocycles. The molecule has 0 saturated heterocycles. The lowest BCUT2D eigenvalue weighted by Gasteiger charge is -2.32. The topological polar surface area (TPSA) is 49.5 Å². The second kappa shape index (κ2) is 5.23. The van der Waals surface area contributed by atoms with Gasteiger partial charge in [0.15, 0.2) is 0 Å². The molecule has 1 aliphatic carbocycles. The normalized spacial score (nSPS) is 21.9. The lowest BCUT2D eigenvalue weighted by molar-refractivity contribution is 0.00795. The maximum atomic E-state index is 10.2. The lowest BCUT2D eigenvalue weighted by atomic mass is 10.0. The molecule has 1 atom stereocenters. The average molecular weight is 230 g/mol. The van der Waals surface area contributed by atoms with Crippen molar-refractivity contribution in [1.82, 2.24) is 4.90 Å². The fraction of sp³-hybridized carbons (Fsp3) is 0.909.